The Kier molecular flexibility index (Phi) is 4.91. The number of amides is 4. The molecule has 0 aromatic rings. The van der Waals surface area contributed by atoms with Gasteiger partial charge in [0.05, 0.1) is 12.6 Å². The zero-order valence-corrected chi connectivity index (χ0v) is 11.4. The zero-order valence-electron chi connectivity index (χ0n) is 11.4. The first-order valence-corrected chi connectivity index (χ1v) is 6.91. The van der Waals surface area contributed by atoms with Crippen LogP contribution in [0.15, 0.2) is 0 Å². The fourth-order valence-corrected chi connectivity index (χ4v) is 2.75. The number of likely N-dealkylation sites (tertiary alicyclic amines) is 1. The van der Waals surface area contributed by atoms with Crippen LogP contribution in [0.3, 0.4) is 0 Å². The highest BCUT2D eigenvalue weighted by Crippen LogP contribution is 2.19. The molecule has 0 spiro atoms. The van der Waals surface area contributed by atoms with Crippen LogP contribution in [0.1, 0.15) is 12.8 Å². The minimum atomic E-state index is -0.862. The molecule has 0 aliphatic carbocycles. The molecule has 2 rings (SSSR count). The standard InChI is InChI=1S/C12H21N5O3/c13-12(20)15-10(18)8-17-5-1-2-9(17)11(19)16-6-3-14-4-7-16/h9,14H,1-8H2,(H3,13,15,18,20). The van der Waals surface area contributed by atoms with Gasteiger partial charge in [-0.2, -0.15) is 0 Å². The van der Waals surface area contributed by atoms with E-state index in [4.69, 9.17) is 5.73 Å². The fraction of sp³-hybridized carbons (Fsp3) is 0.750. The molecular formula is C12H21N5O3. The van der Waals surface area contributed by atoms with Crippen LogP contribution in [0.5, 0.6) is 0 Å². The summed E-state index contributed by atoms with van der Waals surface area (Å²) < 4.78 is 0. The molecule has 112 valence electrons. The zero-order chi connectivity index (χ0) is 14.5. The minimum absolute atomic E-state index is 0.0332. The SMILES string of the molecule is NC(=O)NC(=O)CN1CCCC1C(=O)N1CCNCC1. The summed E-state index contributed by atoms with van der Waals surface area (Å²) in [7, 11) is 0. The van der Waals surface area contributed by atoms with Gasteiger partial charge in [0.15, 0.2) is 0 Å². The van der Waals surface area contributed by atoms with Crippen LogP contribution >= 0.6 is 0 Å². The average Bonchev–Trinajstić information content (AvgIpc) is 2.86. The molecule has 8 nitrogen and oxygen atoms in total. The van der Waals surface area contributed by atoms with E-state index in [1.54, 1.807) is 0 Å². The molecule has 0 saturated carbocycles. The Labute approximate surface area is 117 Å². The van der Waals surface area contributed by atoms with Gasteiger partial charge in [-0.15, -0.1) is 0 Å². The molecule has 2 saturated heterocycles. The number of nitrogens with two attached hydrogens (primary N) is 1. The Morgan fingerprint density at radius 2 is 1.90 bits per heavy atom. The maximum atomic E-state index is 12.4. The monoisotopic (exact) mass is 283 g/mol. The number of rotatable bonds is 3. The first kappa shape index (κ1) is 14.7. The summed E-state index contributed by atoms with van der Waals surface area (Å²) in [6.45, 7) is 3.74. The van der Waals surface area contributed by atoms with Crippen LogP contribution in [0.25, 0.3) is 0 Å². The summed E-state index contributed by atoms with van der Waals surface area (Å²) >= 11 is 0. The quantitative estimate of drug-likeness (QED) is 0.559. The number of piperazine rings is 1. The van der Waals surface area contributed by atoms with Crippen LogP contribution in [0.2, 0.25) is 0 Å². The Bertz CT molecular complexity index is 395. The number of imide groups is 1. The van der Waals surface area contributed by atoms with E-state index in [9.17, 15) is 14.4 Å². The van der Waals surface area contributed by atoms with Gasteiger partial charge in [-0.3, -0.25) is 19.8 Å². The molecule has 2 aliphatic heterocycles. The molecule has 0 bridgehead atoms. The number of carbonyl (C=O) groups excluding carboxylic acids is 3. The Morgan fingerprint density at radius 3 is 2.55 bits per heavy atom. The minimum Gasteiger partial charge on any atom is -0.351 e. The Balaban J connectivity index is 1.90. The topological polar surface area (TPSA) is 108 Å². The van der Waals surface area contributed by atoms with E-state index in [2.05, 4.69) is 5.32 Å². The molecule has 2 heterocycles. The maximum absolute atomic E-state index is 12.4. The third kappa shape index (κ3) is 3.67. The van der Waals surface area contributed by atoms with E-state index in [0.29, 0.717) is 19.6 Å². The highest BCUT2D eigenvalue weighted by molar-refractivity contribution is 5.94. The first-order valence-electron chi connectivity index (χ1n) is 6.91. The van der Waals surface area contributed by atoms with Crippen LogP contribution in [0, 0.1) is 0 Å². The molecule has 0 aromatic carbocycles. The molecule has 2 fully saturated rings. The lowest BCUT2D eigenvalue weighted by Gasteiger charge is -2.32. The van der Waals surface area contributed by atoms with Crippen LogP contribution < -0.4 is 16.4 Å². The largest absolute Gasteiger partial charge is 0.351 e. The lowest BCUT2D eigenvalue weighted by molar-refractivity contribution is -0.137. The van der Waals surface area contributed by atoms with Crippen molar-refractivity contribution in [3.8, 4) is 0 Å². The van der Waals surface area contributed by atoms with Gasteiger partial charge in [0.2, 0.25) is 11.8 Å². The Morgan fingerprint density at radius 1 is 1.20 bits per heavy atom. The number of nitrogens with one attached hydrogen (secondary N) is 2. The van der Waals surface area contributed by atoms with Crippen molar-refractivity contribution >= 4 is 17.8 Å². The van der Waals surface area contributed by atoms with Gasteiger partial charge in [-0.25, -0.2) is 4.79 Å². The number of urea groups is 1. The smallest absolute Gasteiger partial charge is 0.318 e. The summed E-state index contributed by atoms with van der Waals surface area (Å²) in [6, 6.07) is -1.12. The summed E-state index contributed by atoms with van der Waals surface area (Å²) in [5.41, 5.74) is 4.91. The third-order valence-electron chi connectivity index (χ3n) is 3.69. The first-order chi connectivity index (χ1) is 9.58. The second-order valence-corrected chi connectivity index (χ2v) is 5.12. The highest BCUT2D eigenvalue weighted by atomic mass is 16.2. The van der Waals surface area contributed by atoms with Gasteiger partial charge in [0.25, 0.3) is 0 Å². The number of carbonyl (C=O) groups is 3. The highest BCUT2D eigenvalue weighted by Gasteiger charge is 2.34. The molecule has 1 unspecified atom stereocenters. The molecule has 4 amide bonds. The lowest BCUT2D eigenvalue weighted by atomic mass is 10.1. The van der Waals surface area contributed by atoms with Crippen molar-refractivity contribution in [2.45, 2.75) is 18.9 Å². The van der Waals surface area contributed by atoms with Gasteiger partial charge >= 0.3 is 6.03 Å². The predicted octanol–water partition coefficient (Wildman–Crippen LogP) is -1.92. The van der Waals surface area contributed by atoms with Crippen molar-refractivity contribution < 1.29 is 14.4 Å². The number of primary amides is 1. The van der Waals surface area contributed by atoms with E-state index in [0.717, 1.165) is 25.9 Å². The molecular weight excluding hydrogens is 262 g/mol. The van der Waals surface area contributed by atoms with Gasteiger partial charge in [0.1, 0.15) is 0 Å². The van der Waals surface area contributed by atoms with Crippen molar-refractivity contribution in [1.82, 2.24) is 20.4 Å². The van der Waals surface area contributed by atoms with Crippen LogP contribution in [0.4, 0.5) is 4.79 Å². The second-order valence-electron chi connectivity index (χ2n) is 5.12. The molecule has 8 heteroatoms. The van der Waals surface area contributed by atoms with Crippen LogP contribution in [-0.4, -0.2) is 73.0 Å². The predicted molar refractivity (Wildman–Crippen MR) is 71.8 cm³/mol. The van der Waals surface area contributed by atoms with Crippen molar-refractivity contribution in [1.29, 1.82) is 0 Å². The number of nitrogens with zero attached hydrogens (tertiary/aromatic N) is 2. The van der Waals surface area contributed by atoms with E-state index in [1.807, 2.05) is 15.1 Å². The molecule has 0 aromatic heterocycles. The van der Waals surface area contributed by atoms with Crippen molar-refractivity contribution in [2.24, 2.45) is 5.73 Å². The second kappa shape index (κ2) is 6.67. The number of hydrogen-bond acceptors (Lipinski definition) is 5. The van der Waals surface area contributed by atoms with Crippen LogP contribution in [-0.2, 0) is 9.59 Å². The van der Waals surface area contributed by atoms with E-state index < -0.39 is 11.9 Å². The molecule has 20 heavy (non-hydrogen) atoms. The number of hydrogen-bond donors (Lipinski definition) is 3. The van der Waals surface area contributed by atoms with Crippen molar-refractivity contribution in [3.63, 3.8) is 0 Å². The summed E-state index contributed by atoms with van der Waals surface area (Å²) in [5.74, 6) is -0.381. The molecule has 4 N–H and O–H groups in total. The van der Waals surface area contributed by atoms with E-state index >= 15 is 0 Å². The van der Waals surface area contributed by atoms with Gasteiger partial charge < -0.3 is 16.0 Å². The van der Waals surface area contributed by atoms with Gasteiger partial charge in [0, 0.05) is 26.2 Å². The third-order valence-corrected chi connectivity index (χ3v) is 3.69. The lowest BCUT2D eigenvalue weighted by Crippen LogP contribution is -2.54. The Hall–Kier alpha value is -1.67. The molecule has 2 aliphatic rings. The normalized spacial score (nSPS) is 23.6. The summed E-state index contributed by atoms with van der Waals surface area (Å²) in [4.78, 5) is 38.3. The van der Waals surface area contributed by atoms with Crippen molar-refractivity contribution in [2.75, 3.05) is 39.3 Å². The average molecular weight is 283 g/mol. The van der Waals surface area contributed by atoms with Gasteiger partial charge in [-0.05, 0) is 19.4 Å². The van der Waals surface area contributed by atoms with E-state index in [1.165, 1.54) is 0 Å². The van der Waals surface area contributed by atoms with Crippen molar-refractivity contribution in [3.05, 3.63) is 0 Å². The fourth-order valence-electron chi connectivity index (χ4n) is 2.75. The summed E-state index contributed by atoms with van der Waals surface area (Å²) in [6.07, 6.45) is 1.64. The van der Waals surface area contributed by atoms with E-state index in [-0.39, 0.29) is 18.5 Å². The molecule has 1 atom stereocenters. The molecule has 0 radical (unpaired) electrons. The maximum Gasteiger partial charge on any atom is 0.318 e. The summed E-state index contributed by atoms with van der Waals surface area (Å²) in [5, 5.41) is 5.23. The van der Waals surface area contributed by atoms with Gasteiger partial charge in [-0.1, -0.05) is 0 Å².